The van der Waals surface area contributed by atoms with E-state index in [9.17, 15) is 9.59 Å². The summed E-state index contributed by atoms with van der Waals surface area (Å²) in [6, 6.07) is 5.09. The quantitative estimate of drug-likeness (QED) is 0.302. The zero-order chi connectivity index (χ0) is 21.0. The first-order valence-electron chi connectivity index (χ1n) is 8.33. The van der Waals surface area contributed by atoms with Gasteiger partial charge >= 0.3 is 0 Å². The van der Waals surface area contributed by atoms with Crippen LogP contribution in [0.15, 0.2) is 42.6 Å². The van der Waals surface area contributed by atoms with Crippen LogP contribution in [0.25, 0.3) is 6.08 Å². The van der Waals surface area contributed by atoms with E-state index in [4.69, 9.17) is 33.3 Å². The van der Waals surface area contributed by atoms with Crippen molar-refractivity contribution < 1.29 is 19.1 Å². The van der Waals surface area contributed by atoms with Gasteiger partial charge in [-0.2, -0.15) is 0 Å². The largest absolute Gasteiger partial charge is 0.493 e. The topological polar surface area (TPSA) is 80.8 Å². The number of carbonyl (C=O) groups excluding carboxylic acids is 2. The lowest BCUT2D eigenvalue weighted by Gasteiger charge is -2.27. The molecule has 3 rings (SSSR count). The van der Waals surface area contributed by atoms with Gasteiger partial charge in [0.15, 0.2) is 21.1 Å². The Labute approximate surface area is 181 Å². The predicted octanol–water partition coefficient (Wildman–Crippen LogP) is 3.20. The Morgan fingerprint density at radius 1 is 1.38 bits per heavy atom. The summed E-state index contributed by atoms with van der Waals surface area (Å²) in [4.78, 5) is 31.0. The molecule has 0 aliphatic carbocycles. The van der Waals surface area contributed by atoms with Gasteiger partial charge in [0.1, 0.15) is 12.2 Å². The number of ether oxygens (including phenoxy) is 2. The van der Waals surface area contributed by atoms with Crippen molar-refractivity contribution in [2.45, 2.75) is 6.61 Å². The Balaban J connectivity index is 1.83. The molecule has 0 bridgehead atoms. The fourth-order valence-corrected chi connectivity index (χ4v) is 3.69. The maximum atomic E-state index is 12.6. The van der Waals surface area contributed by atoms with E-state index in [-0.39, 0.29) is 23.8 Å². The van der Waals surface area contributed by atoms with E-state index in [0.717, 1.165) is 4.88 Å². The molecule has 0 radical (unpaired) electrons. The molecule has 1 N–H and O–H groups in total. The van der Waals surface area contributed by atoms with Gasteiger partial charge in [-0.05, 0) is 36.0 Å². The number of thiocarbonyl (C=S) groups is 1. The van der Waals surface area contributed by atoms with Crippen LogP contribution in [-0.2, 0) is 16.2 Å². The van der Waals surface area contributed by atoms with E-state index in [1.165, 1.54) is 35.5 Å². The number of thiazole rings is 1. The molecule has 0 spiro atoms. The van der Waals surface area contributed by atoms with Crippen LogP contribution >= 0.6 is 35.2 Å². The first-order valence-corrected chi connectivity index (χ1v) is 9.94. The molecular weight excluding hydrogens is 434 g/mol. The number of rotatable bonds is 7. The van der Waals surface area contributed by atoms with Gasteiger partial charge in [-0.3, -0.25) is 19.8 Å². The fourth-order valence-electron chi connectivity index (χ4n) is 2.55. The highest BCUT2D eigenvalue weighted by Gasteiger charge is 2.32. The van der Waals surface area contributed by atoms with Crippen molar-refractivity contribution in [1.82, 2.24) is 15.2 Å². The SMILES string of the molecule is C=CCN1C(=O)/C(=C/c2ccc(OCc3cnc(Cl)s3)c(OC)c2)C(=O)NC1=S. The van der Waals surface area contributed by atoms with Crippen LogP contribution in [0.5, 0.6) is 11.5 Å². The third kappa shape index (κ3) is 4.81. The number of hydrogen-bond acceptors (Lipinski definition) is 7. The van der Waals surface area contributed by atoms with E-state index in [1.54, 1.807) is 24.4 Å². The van der Waals surface area contributed by atoms with Crippen LogP contribution < -0.4 is 14.8 Å². The molecule has 2 heterocycles. The summed E-state index contributed by atoms with van der Waals surface area (Å²) >= 11 is 12.2. The highest BCUT2D eigenvalue weighted by molar-refractivity contribution is 7.80. The van der Waals surface area contributed by atoms with Gasteiger partial charge < -0.3 is 9.47 Å². The first-order chi connectivity index (χ1) is 13.9. The third-order valence-corrected chi connectivity index (χ3v) is 5.30. The second kappa shape index (κ2) is 9.17. The maximum absolute atomic E-state index is 12.6. The van der Waals surface area contributed by atoms with Crippen LogP contribution in [0.4, 0.5) is 0 Å². The minimum Gasteiger partial charge on any atom is -0.493 e. The van der Waals surface area contributed by atoms with E-state index in [2.05, 4.69) is 16.9 Å². The summed E-state index contributed by atoms with van der Waals surface area (Å²) in [7, 11) is 1.51. The van der Waals surface area contributed by atoms with Crippen molar-refractivity contribution in [2.75, 3.05) is 13.7 Å². The number of halogens is 1. The third-order valence-electron chi connectivity index (χ3n) is 3.89. The second-order valence-corrected chi connectivity index (χ2v) is 7.88. The van der Waals surface area contributed by atoms with E-state index in [1.807, 2.05) is 0 Å². The summed E-state index contributed by atoms with van der Waals surface area (Å²) in [5.74, 6) is -0.0770. The molecule has 1 aliphatic rings. The lowest BCUT2D eigenvalue weighted by Crippen LogP contribution is -2.53. The van der Waals surface area contributed by atoms with Crippen molar-refractivity contribution in [3.63, 3.8) is 0 Å². The number of benzene rings is 1. The Bertz CT molecular complexity index is 1020. The van der Waals surface area contributed by atoms with Crippen LogP contribution in [0, 0.1) is 0 Å². The molecule has 0 unspecified atom stereocenters. The van der Waals surface area contributed by atoms with Gasteiger partial charge in [-0.25, -0.2) is 4.98 Å². The lowest BCUT2D eigenvalue weighted by atomic mass is 10.1. The minimum absolute atomic E-state index is 0.0320. The number of methoxy groups -OCH3 is 1. The molecule has 2 amide bonds. The van der Waals surface area contributed by atoms with Crippen molar-refractivity contribution in [3.05, 3.63) is 57.5 Å². The minimum atomic E-state index is -0.554. The van der Waals surface area contributed by atoms with E-state index in [0.29, 0.717) is 21.5 Å². The van der Waals surface area contributed by atoms with Gasteiger partial charge in [-0.1, -0.05) is 23.7 Å². The summed E-state index contributed by atoms with van der Waals surface area (Å²) in [6.45, 7) is 4.09. The Kier molecular flexibility index (Phi) is 6.63. The zero-order valence-corrected chi connectivity index (χ0v) is 17.7. The second-order valence-electron chi connectivity index (χ2n) is 5.80. The smallest absolute Gasteiger partial charge is 0.265 e. The van der Waals surface area contributed by atoms with E-state index >= 15 is 0 Å². The number of carbonyl (C=O) groups is 2. The van der Waals surface area contributed by atoms with Crippen molar-refractivity contribution >= 4 is 58.2 Å². The van der Waals surface area contributed by atoms with Gasteiger partial charge in [0.05, 0.1) is 12.0 Å². The number of hydrogen-bond donors (Lipinski definition) is 1. The highest BCUT2D eigenvalue weighted by Crippen LogP contribution is 2.31. The van der Waals surface area contributed by atoms with Crippen molar-refractivity contribution in [3.8, 4) is 11.5 Å². The van der Waals surface area contributed by atoms with Crippen molar-refractivity contribution in [1.29, 1.82) is 0 Å². The molecule has 1 saturated heterocycles. The molecule has 150 valence electrons. The standard InChI is InChI=1S/C19H16ClN3O4S2/c1-3-6-23-17(25)13(16(24)22-19(23)28)7-11-4-5-14(15(8-11)26-2)27-10-12-9-21-18(20)29-12/h3-5,7-9H,1,6,10H2,2H3,(H,22,24,28)/b13-7+. The monoisotopic (exact) mass is 449 g/mol. The van der Waals surface area contributed by atoms with Gasteiger partial charge in [0, 0.05) is 12.7 Å². The molecule has 0 saturated carbocycles. The summed E-state index contributed by atoms with van der Waals surface area (Å²) < 4.78 is 11.6. The number of aromatic nitrogens is 1. The predicted molar refractivity (Wildman–Crippen MR) is 115 cm³/mol. The van der Waals surface area contributed by atoms with Crippen LogP contribution in [0.2, 0.25) is 4.47 Å². The molecule has 1 aliphatic heterocycles. The Morgan fingerprint density at radius 2 is 2.17 bits per heavy atom. The summed E-state index contributed by atoms with van der Waals surface area (Å²) in [5.41, 5.74) is 0.565. The molecule has 1 aromatic heterocycles. The molecule has 2 aromatic rings. The lowest BCUT2D eigenvalue weighted by molar-refractivity contribution is -0.128. The molecule has 7 nitrogen and oxygen atoms in total. The summed E-state index contributed by atoms with van der Waals surface area (Å²) in [5, 5.41) is 2.56. The highest BCUT2D eigenvalue weighted by atomic mass is 35.5. The number of nitrogens with one attached hydrogen (secondary N) is 1. The Morgan fingerprint density at radius 3 is 2.83 bits per heavy atom. The first kappa shape index (κ1) is 21.0. The van der Waals surface area contributed by atoms with Crippen molar-refractivity contribution in [2.24, 2.45) is 0 Å². The molecule has 1 aromatic carbocycles. The molecule has 10 heteroatoms. The zero-order valence-electron chi connectivity index (χ0n) is 15.3. The van der Waals surface area contributed by atoms with E-state index < -0.39 is 11.8 Å². The summed E-state index contributed by atoms with van der Waals surface area (Å²) in [6.07, 6.45) is 4.65. The number of amides is 2. The number of nitrogens with zero attached hydrogens (tertiary/aromatic N) is 2. The molecule has 29 heavy (non-hydrogen) atoms. The van der Waals surface area contributed by atoms with Gasteiger partial charge in [-0.15, -0.1) is 17.9 Å². The molecule has 0 atom stereocenters. The van der Waals surface area contributed by atoms with Crippen LogP contribution in [0.1, 0.15) is 10.4 Å². The molecule has 1 fully saturated rings. The van der Waals surface area contributed by atoms with Crippen LogP contribution in [-0.4, -0.2) is 40.5 Å². The maximum Gasteiger partial charge on any atom is 0.265 e. The normalized spacial score (nSPS) is 15.4. The average Bonchev–Trinajstić information content (AvgIpc) is 3.12. The average molecular weight is 450 g/mol. The van der Waals surface area contributed by atoms with Crippen LogP contribution in [0.3, 0.4) is 0 Å². The Hall–Kier alpha value is -2.75. The fraction of sp³-hybridized carbons (Fsp3) is 0.158. The van der Waals surface area contributed by atoms with Gasteiger partial charge in [0.25, 0.3) is 11.8 Å². The van der Waals surface area contributed by atoms with Gasteiger partial charge in [0.2, 0.25) is 0 Å². The molecular formula is C19H16ClN3O4S2.